The van der Waals surface area contributed by atoms with Gasteiger partial charge in [0.2, 0.25) is 0 Å². The Morgan fingerprint density at radius 2 is 1.85 bits per heavy atom. The highest BCUT2D eigenvalue weighted by Crippen LogP contribution is 2.28. The molecule has 0 bridgehead atoms. The summed E-state index contributed by atoms with van der Waals surface area (Å²) < 4.78 is 5.07. The van der Waals surface area contributed by atoms with Crippen LogP contribution in [0.25, 0.3) is 0 Å². The zero-order chi connectivity index (χ0) is 19.1. The molecule has 8 heteroatoms. The molecule has 0 spiro atoms. The van der Waals surface area contributed by atoms with Crippen LogP contribution >= 0.6 is 0 Å². The molecule has 0 heterocycles. The lowest BCUT2D eigenvalue weighted by atomic mass is 10.1. The molecule has 2 aromatic carbocycles. The van der Waals surface area contributed by atoms with Crippen molar-refractivity contribution in [3.05, 3.63) is 63.7 Å². The number of ether oxygens (including phenoxy) is 1. The van der Waals surface area contributed by atoms with E-state index < -0.39 is 11.0 Å². The summed E-state index contributed by atoms with van der Waals surface area (Å²) in [6.45, 7) is 2.07. The van der Waals surface area contributed by atoms with Gasteiger partial charge in [-0.1, -0.05) is 29.8 Å². The van der Waals surface area contributed by atoms with E-state index in [1.54, 1.807) is 12.1 Å². The van der Waals surface area contributed by atoms with Crippen molar-refractivity contribution in [3.8, 4) is 5.75 Å². The van der Waals surface area contributed by atoms with Gasteiger partial charge in [0.05, 0.1) is 17.7 Å². The van der Waals surface area contributed by atoms with Gasteiger partial charge in [-0.05, 0) is 13.0 Å². The number of hydrogen-bond acceptors (Lipinski definition) is 5. The second kappa shape index (κ2) is 8.61. The van der Waals surface area contributed by atoms with E-state index in [4.69, 9.17) is 4.74 Å². The summed E-state index contributed by atoms with van der Waals surface area (Å²) in [5.41, 5.74) is 1.64. The molecule has 8 nitrogen and oxygen atoms in total. The zero-order valence-corrected chi connectivity index (χ0v) is 14.4. The number of benzene rings is 2. The number of nitrogens with one attached hydrogen (secondary N) is 2. The van der Waals surface area contributed by atoms with E-state index in [0.717, 1.165) is 5.56 Å². The van der Waals surface area contributed by atoms with Crippen molar-refractivity contribution >= 4 is 23.2 Å². The first-order valence-electron chi connectivity index (χ1n) is 7.88. The maximum absolute atomic E-state index is 12.0. The number of hydrogen-bond donors (Lipinski definition) is 2. The number of nitro benzene ring substituents is 1. The average Bonchev–Trinajstić information content (AvgIpc) is 2.62. The number of rotatable bonds is 7. The fourth-order valence-corrected chi connectivity index (χ4v) is 2.25. The van der Waals surface area contributed by atoms with Crippen molar-refractivity contribution in [2.45, 2.75) is 13.3 Å². The average molecular weight is 357 g/mol. The quantitative estimate of drug-likeness (QED) is 0.449. The Morgan fingerprint density at radius 1 is 1.15 bits per heavy atom. The van der Waals surface area contributed by atoms with E-state index in [9.17, 15) is 19.7 Å². The van der Waals surface area contributed by atoms with Crippen LogP contribution in [0.1, 0.15) is 22.3 Å². The fourth-order valence-electron chi connectivity index (χ4n) is 2.25. The molecule has 0 aliphatic heterocycles. The maximum atomic E-state index is 12.0. The molecule has 136 valence electrons. The van der Waals surface area contributed by atoms with Crippen LogP contribution in [0.3, 0.4) is 0 Å². The van der Waals surface area contributed by atoms with E-state index in [0.29, 0.717) is 11.3 Å². The van der Waals surface area contributed by atoms with Gasteiger partial charge in [-0.2, -0.15) is 0 Å². The van der Waals surface area contributed by atoms with E-state index in [1.165, 1.54) is 25.3 Å². The summed E-state index contributed by atoms with van der Waals surface area (Å²) in [5.74, 6) is 0.208. The number of methoxy groups -OCH3 is 1. The Bertz CT molecular complexity index is 818. The Morgan fingerprint density at radius 3 is 2.46 bits per heavy atom. The number of nitro groups is 1. The summed E-state index contributed by atoms with van der Waals surface area (Å²) in [6, 6.07) is 10.5. The van der Waals surface area contributed by atoms with Gasteiger partial charge < -0.3 is 15.4 Å². The van der Waals surface area contributed by atoms with E-state index >= 15 is 0 Å². The first kappa shape index (κ1) is 18.9. The third kappa shape index (κ3) is 5.04. The van der Waals surface area contributed by atoms with E-state index in [1.807, 2.05) is 19.1 Å². The minimum Gasteiger partial charge on any atom is -0.495 e. The first-order valence-corrected chi connectivity index (χ1v) is 7.88. The molecule has 0 atom stereocenters. The molecule has 0 aliphatic rings. The van der Waals surface area contributed by atoms with E-state index in [-0.39, 0.29) is 30.1 Å². The van der Waals surface area contributed by atoms with Crippen molar-refractivity contribution in [2.75, 3.05) is 19.0 Å². The first-order chi connectivity index (χ1) is 12.4. The van der Waals surface area contributed by atoms with Crippen molar-refractivity contribution in [3.63, 3.8) is 0 Å². The van der Waals surface area contributed by atoms with Crippen LogP contribution in [0.4, 0.5) is 16.2 Å². The molecule has 2 N–H and O–H groups in total. The fraction of sp³-hybridized carbons (Fsp3) is 0.222. The molecular formula is C18H19N3O5. The van der Waals surface area contributed by atoms with Crippen LogP contribution in [-0.4, -0.2) is 30.4 Å². The van der Waals surface area contributed by atoms with Gasteiger partial charge in [0.1, 0.15) is 5.75 Å². The predicted octanol–water partition coefficient (Wildman–Crippen LogP) is 3.31. The maximum Gasteiger partial charge on any atom is 0.319 e. The van der Waals surface area contributed by atoms with Gasteiger partial charge in [0.15, 0.2) is 5.78 Å². The Labute approximate surface area is 150 Å². The molecule has 2 aromatic rings. The Kier molecular flexibility index (Phi) is 6.26. The summed E-state index contributed by atoms with van der Waals surface area (Å²) in [5, 5.41) is 15.9. The summed E-state index contributed by atoms with van der Waals surface area (Å²) in [4.78, 5) is 34.3. The molecule has 2 amide bonds. The highest BCUT2D eigenvalue weighted by Gasteiger charge is 2.14. The largest absolute Gasteiger partial charge is 0.495 e. The second-order valence-corrected chi connectivity index (χ2v) is 5.56. The molecule has 0 saturated heterocycles. The lowest BCUT2D eigenvalue weighted by Crippen LogP contribution is -2.30. The molecule has 0 aliphatic carbocycles. The standard InChI is InChI=1S/C18H19N3O5/c1-12-3-5-13(6-4-12)16(22)9-10-19-18(23)20-15-11-14(21(24)25)7-8-17(15)26-2/h3-8,11H,9-10H2,1-2H3,(H2,19,20,23). The number of Topliss-reactive ketones (excluding diaryl/α,β-unsaturated/α-hetero) is 1. The lowest BCUT2D eigenvalue weighted by Gasteiger charge is -2.11. The number of carbonyl (C=O) groups excluding carboxylic acids is 2. The van der Waals surface area contributed by atoms with Gasteiger partial charge in [-0.25, -0.2) is 4.79 Å². The minimum atomic E-state index is -0.583. The number of carbonyl (C=O) groups is 2. The van der Waals surface area contributed by atoms with Crippen molar-refractivity contribution in [1.82, 2.24) is 5.32 Å². The number of aryl methyl sites for hydroxylation is 1. The molecule has 0 fully saturated rings. The molecule has 0 radical (unpaired) electrons. The van der Waals surface area contributed by atoms with Crippen LogP contribution in [0.15, 0.2) is 42.5 Å². The Balaban J connectivity index is 1.90. The summed E-state index contributed by atoms with van der Waals surface area (Å²) in [7, 11) is 1.39. The number of non-ortho nitro benzene ring substituents is 1. The molecule has 0 aromatic heterocycles. The third-order valence-corrected chi connectivity index (χ3v) is 3.65. The number of urea groups is 1. The molecule has 26 heavy (non-hydrogen) atoms. The second-order valence-electron chi connectivity index (χ2n) is 5.56. The SMILES string of the molecule is COc1ccc([N+](=O)[O-])cc1NC(=O)NCCC(=O)c1ccc(C)cc1. The lowest BCUT2D eigenvalue weighted by molar-refractivity contribution is -0.384. The van der Waals surface area contributed by atoms with Gasteiger partial charge >= 0.3 is 6.03 Å². The highest BCUT2D eigenvalue weighted by molar-refractivity contribution is 5.97. The van der Waals surface area contributed by atoms with Gasteiger partial charge in [0, 0.05) is 30.7 Å². The van der Waals surface area contributed by atoms with Gasteiger partial charge in [0.25, 0.3) is 5.69 Å². The normalized spacial score (nSPS) is 10.1. The number of nitrogens with zero attached hydrogens (tertiary/aromatic N) is 1. The molecular weight excluding hydrogens is 338 g/mol. The Hall–Kier alpha value is -3.42. The third-order valence-electron chi connectivity index (χ3n) is 3.65. The van der Waals surface area contributed by atoms with Crippen LogP contribution in [0.2, 0.25) is 0 Å². The van der Waals surface area contributed by atoms with Gasteiger partial charge in [-0.3, -0.25) is 14.9 Å². The molecule has 0 saturated carbocycles. The number of anilines is 1. The smallest absolute Gasteiger partial charge is 0.319 e. The monoisotopic (exact) mass is 357 g/mol. The van der Waals surface area contributed by atoms with Gasteiger partial charge in [-0.15, -0.1) is 0 Å². The predicted molar refractivity (Wildman–Crippen MR) is 96.8 cm³/mol. The minimum absolute atomic E-state index is 0.0850. The number of amides is 2. The van der Waals surface area contributed by atoms with Crippen LogP contribution < -0.4 is 15.4 Å². The topological polar surface area (TPSA) is 111 Å². The summed E-state index contributed by atoms with van der Waals surface area (Å²) >= 11 is 0. The summed E-state index contributed by atoms with van der Waals surface area (Å²) in [6.07, 6.45) is 0.141. The molecule has 2 rings (SSSR count). The van der Waals surface area contributed by atoms with Crippen molar-refractivity contribution < 1.29 is 19.2 Å². The molecule has 0 unspecified atom stereocenters. The van der Waals surface area contributed by atoms with Crippen LogP contribution in [0.5, 0.6) is 5.75 Å². The van der Waals surface area contributed by atoms with Crippen LogP contribution in [-0.2, 0) is 0 Å². The van der Waals surface area contributed by atoms with Crippen molar-refractivity contribution in [1.29, 1.82) is 0 Å². The number of ketones is 1. The van der Waals surface area contributed by atoms with E-state index in [2.05, 4.69) is 10.6 Å². The zero-order valence-electron chi connectivity index (χ0n) is 14.4. The highest BCUT2D eigenvalue weighted by atomic mass is 16.6. The van der Waals surface area contributed by atoms with Crippen molar-refractivity contribution in [2.24, 2.45) is 0 Å². The van der Waals surface area contributed by atoms with Crippen LogP contribution in [0, 0.1) is 17.0 Å².